The fourth-order valence-corrected chi connectivity index (χ4v) is 1.72. The molecule has 0 bridgehead atoms. The first-order valence-corrected chi connectivity index (χ1v) is 5.71. The Balaban J connectivity index is 2.07. The summed E-state index contributed by atoms with van der Waals surface area (Å²) in [6, 6.07) is 10.7. The van der Waals surface area contributed by atoms with Gasteiger partial charge in [0.15, 0.2) is 0 Å². The molecule has 0 saturated carbocycles. The maximum atomic E-state index is 7.33. The molecule has 0 radical (unpaired) electrons. The molecule has 1 heterocycles. The van der Waals surface area contributed by atoms with Gasteiger partial charge < -0.3 is 10.5 Å². The first kappa shape index (κ1) is 12.4. The van der Waals surface area contributed by atoms with Gasteiger partial charge >= 0.3 is 0 Å². The van der Waals surface area contributed by atoms with Gasteiger partial charge in [-0.2, -0.15) is 0 Å². The summed E-state index contributed by atoms with van der Waals surface area (Å²) in [5.41, 5.74) is 6.72. The van der Waals surface area contributed by atoms with Crippen molar-refractivity contribution in [3.8, 4) is 5.75 Å². The molecule has 0 amide bonds. The van der Waals surface area contributed by atoms with Crippen LogP contribution < -0.4 is 10.5 Å². The molecule has 0 saturated heterocycles. The van der Waals surface area contributed by atoms with E-state index in [9.17, 15) is 0 Å². The molecule has 1 aromatic heterocycles. The Hall–Kier alpha value is -2.07. The highest BCUT2D eigenvalue weighted by molar-refractivity contribution is 6.34. The van der Waals surface area contributed by atoms with E-state index in [4.69, 9.17) is 27.5 Å². The van der Waals surface area contributed by atoms with Gasteiger partial charge in [-0.1, -0.05) is 17.7 Å². The van der Waals surface area contributed by atoms with Gasteiger partial charge in [-0.05, 0) is 30.3 Å². The van der Waals surface area contributed by atoms with Crippen LogP contribution in [0.15, 0.2) is 42.6 Å². The summed E-state index contributed by atoms with van der Waals surface area (Å²) in [7, 11) is 0. The van der Waals surface area contributed by atoms with Crippen molar-refractivity contribution in [1.82, 2.24) is 4.98 Å². The van der Waals surface area contributed by atoms with Crippen LogP contribution in [-0.2, 0) is 6.61 Å². The number of pyridine rings is 1. The molecule has 2 rings (SSSR count). The average molecular weight is 262 g/mol. The van der Waals surface area contributed by atoms with Crippen molar-refractivity contribution in [2.45, 2.75) is 6.61 Å². The second-order valence-electron chi connectivity index (χ2n) is 3.67. The Morgan fingerprint density at radius 1 is 1.33 bits per heavy atom. The summed E-state index contributed by atoms with van der Waals surface area (Å²) < 4.78 is 5.55. The number of nitrogens with one attached hydrogen (secondary N) is 1. The molecule has 0 aliphatic rings. The molecule has 5 heteroatoms. The molecule has 0 aliphatic heterocycles. The van der Waals surface area contributed by atoms with Crippen LogP contribution in [0.5, 0.6) is 5.75 Å². The van der Waals surface area contributed by atoms with E-state index in [-0.39, 0.29) is 5.84 Å². The van der Waals surface area contributed by atoms with E-state index in [0.717, 1.165) is 5.69 Å². The molecule has 0 aliphatic carbocycles. The van der Waals surface area contributed by atoms with Gasteiger partial charge in [-0.25, -0.2) is 0 Å². The van der Waals surface area contributed by atoms with E-state index < -0.39 is 0 Å². The number of nitrogens with two attached hydrogens (primary N) is 1. The lowest BCUT2D eigenvalue weighted by molar-refractivity contribution is 0.301. The maximum Gasteiger partial charge on any atom is 0.130 e. The molecule has 92 valence electrons. The van der Waals surface area contributed by atoms with Gasteiger partial charge in [-0.3, -0.25) is 10.4 Å². The summed E-state index contributed by atoms with van der Waals surface area (Å²) in [6.45, 7) is 0.372. The second-order valence-corrected chi connectivity index (χ2v) is 4.07. The Bertz CT molecular complexity index is 557. The quantitative estimate of drug-likeness (QED) is 0.656. The minimum absolute atomic E-state index is 0.0590. The number of nitrogens with zero attached hydrogens (tertiary/aromatic N) is 1. The van der Waals surface area contributed by atoms with Gasteiger partial charge in [0.25, 0.3) is 0 Å². The molecule has 4 nitrogen and oxygen atoms in total. The molecular weight excluding hydrogens is 250 g/mol. The summed E-state index contributed by atoms with van der Waals surface area (Å²) >= 11 is 5.99. The number of halogens is 1. The van der Waals surface area contributed by atoms with Gasteiger partial charge in [0.1, 0.15) is 18.2 Å². The standard InChI is InChI=1S/C13H12ClN3O/c14-12-7-10(4-5-11(12)13(15)16)18-8-9-3-1-2-6-17-9/h1-7H,8H2,(H3,15,16). The Morgan fingerprint density at radius 2 is 2.17 bits per heavy atom. The number of benzene rings is 1. The van der Waals surface area contributed by atoms with Crippen molar-refractivity contribution in [3.05, 3.63) is 58.9 Å². The first-order valence-electron chi connectivity index (χ1n) is 5.33. The van der Waals surface area contributed by atoms with Crippen LogP contribution in [0.3, 0.4) is 0 Å². The molecule has 0 atom stereocenters. The number of hydrogen-bond donors (Lipinski definition) is 2. The molecule has 0 unspecified atom stereocenters. The zero-order valence-electron chi connectivity index (χ0n) is 9.56. The predicted octanol–water partition coefficient (Wildman–Crippen LogP) is 2.60. The van der Waals surface area contributed by atoms with Crippen molar-refractivity contribution in [1.29, 1.82) is 5.41 Å². The number of nitrogen functional groups attached to an aromatic ring is 1. The van der Waals surface area contributed by atoms with Crippen LogP contribution in [0.1, 0.15) is 11.3 Å². The van der Waals surface area contributed by atoms with Crippen molar-refractivity contribution < 1.29 is 4.74 Å². The Labute approximate surface area is 110 Å². The highest BCUT2D eigenvalue weighted by atomic mass is 35.5. The largest absolute Gasteiger partial charge is 0.487 e. The van der Waals surface area contributed by atoms with Crippen molar-refractivity contribution in [3.63, 3.8) is 0 Å². The van der Waals surface area contributed by atoms with Gasteiger partial charge in [0.05, 0.1) is 10.7 Å². The van der Waals surface area contributed by atoms with E-state index in [2.05, 4.69) is 4.98 Å². The number of rotatable bonds is 4. The lowest BCUT2D eigenvalue weighted by Crippen LogP contribution is -2.11. The minimum atomic E-state index is -0.0590. The smallest absolute Gasteiger partial charge is 0.130 e. The monoisotopic (exact) mass is 261 g/mol. The molecule has 2 aromatic rings. The van der Waals surface area contributed by atoms with E-state index in [1.807, 2.05) is 18.2 Å². The summed E-state index contributed by atoms with van der Waals surface area (Å²) in [5.74, 6) is 0.562. The van der Waals surface area contributed by atoms with E-state index in [0.29, 0.717) is 22.9 Å². The van der Waals surface area contributed by atoms with Gasteiger partial charge in [-0.15, -0.1) is 0 Å². The third kappa shape index (κ3) is 2.99. The Kier molecular flexibility index (Phi) is 3.79. The number of hydrogen-bond acceptors (Lipinski definition) is 3. The molecule has 18 heavy (non-hydrogen) atoms. The van der Waals surface area contributed by atoms with Gasteiger partial charge in [0, 0.05) is 11.8 Å². The summed E-state index contributed by atoms with van der Waals surface area (Å²) in [5, 5.41) is 7.73. The number of ether oxygens (including phenoxy) is 1. The highest BCUT2D eigenvalue weighted by Gasteiger charge is 2.05. The third-order valence-electron chi connectivity index (χ3n) is 2.34. The molecule has 3 N–H and O–H groups in total. The third-order valence-corrected chi connectivity index (χ3v) is 2.66. The maximum absolute atomic E-state index is 7.33. The van der Waals surface area contributed by atoms with Crippen molar-refractivity contribution >= 4 is 17.4 Å². The molecule has 0 fully saturated rings. The van der Waals surface area contributed by atoms with E-state index >= 15 is 0 Å². The van der Waals surface area contributed by atoms with Crippen molar-refractivity contribution in [2.24, 2.45) is 5.73 Å². The van der Waals surface area contributed by atoms with Crippen molar-refractivity contribution in [2.75, 3.05) is 0 Å². The topological polar surface area (TPSA) is 72.0 Å². The zero-order chi connectivity index (χ0) is 13.0. The molecule has 1 aromatic carbocycles. The second kappa shape index (κ2) is 5.51. The number of aromatic nitrogens is 1. The Morgan fingerprint density at radius 3 is 2.78 bits per heavy atom. The van der Waals surface area contributed by atoms with Crippen LogP contribution >= 0.6 is 11.6 Å². The fraction of sp³-hybridized carbons (Fsp3) is 0.0769. The van der Waals surface area contributed by atoms with Crippen LogP contribution in [-0.4, -0.2) is 10.8 Å². The minimum Gasteiger partial charge on any atom is -0.487 e. The normalized spacial score (nSPS) is 10.1. The van der Waals surface area contributed by atoms with Crippen LogP contribution in [0.25, 0.3) is 0 Å². The summed E-state index contributed by atoms with van der Waals surface area (Å²) in [6.07, 6.45) is 1.71. The lowest BCUT2D eigenvalue weighted by Gasteiger charge is -2.08. The first-order chi connectivity index (χ1) is 8.66. The van der Waals surface area contributed by atoms with Crippen LogP contribution in [0, 0.1) is 5.41 Å². The molecule has 0 spiro atoms. The zero-order valence-corrected chi connectivity index (χ0v) is 10.3. The predicted molar refractivity (Wildman–Crippen MR) is 71.0 cm³/mol. The van der Waals surface area contributed by atoms with E-state index in [1.165, 1.54) is 0 Å². The SMILES string of the molecule is N=C(N)c1ccc(OCc2ccccn2)cc1Cl. The van der Waals surface area contributed by atoms with E-state index in [1.54, 1.807) is 24.4 Å². The highest BCUT2D eigenvalue weighted by Crippen LogP contribution is 2.22. The molecular formula is C13H12ClN3O. The van der Waals surface area contributed by atoms with Crippen LogP contribution in [0.2, 0.25) is 5.02 Å². The fourth-order valence-electron chi connectivity index (χ4n) is 1.44. The summed E-state index contributed by atoms with van der Waals surface area (Å²) in [4.78, 5) is 4.15. The number of amidine groups is 1. The van der Waals surface area contributed by atoms with Gasteiger partial charge in [0.2, 0.25) is 0 Å². The van der Waals surface area contributed by atoms with Crippen LogP contribution in [0.4, 0.5) is 0 Å². The average Bonchev–Trinajstić information content (AvgIpc) is 2.37. The lowest BCUT2D eigenvalue weighted by atomic mass is 10.2.